The number of ether oxygens (including phenoxy) is 2. The van der Waals surface area contributed by atoms with E-state index in [2.05, 4.69) is 31.1 Å². The van der Waals surface area contributed by atoms with Gasteiger partial charge in [0.25, 0.3) is 0 Å². The number of nitrogens with zero attached hydrogens (tertiary/aromatic N) is 1. The largest absolute Gasteiger partial charge is 0.489 e. The van der Waals surface area contributed by atoms with Gasteiger partial charge in [0.1, 0.15) is 12.4 Å². The number of pyridine rings is 1. The van der Waals surface area contributed by atoms with Crippen LogP contribution in [0, 0.1) is 6.92 Å². The van der Waals surface area contributed by atoms with Crippen molar-refractivity contribution in [3.63, 3.8) is 0 Å². The predicted octanol–water partition coefficient (Wildman–Crippen LogP) is 2.83. The molecule has 1 aromatic heterocycles. The molecule has 1 aliphatic heterocycles. The van der Waals surface area contributed by atoms with Crippen LogP contribution in [0.3, 0.4) is 0 Å². The van der Waals surface area contributed by atoms with E-state index >= 15 is 0 Å². The van der Waals surface area contributed by atoms with E-state index in [1.54, 1.807) is 0 Å². The molecule has 0 aromatic carbocycles. The fourth-order valence-corrected chi connectivity index (χ4v) is 2.35. The van der Waals surface area contributed by atoms with E-state index in [0.717, 1.165) is 36.5 Å². The highest BCUT2D eigenvalue weighted by atomic mass is 16.5. The molecule has 2 rings (SSSR count). The lowest BCUT2D eigenvalue weighted by atomic mass is 10.2. The van der Waals surface area contributed by atoms with Crippen molar-refractivity contribution in [2.45, 2.75) is 65.3 Å². The van der Waals surface area contributed by atoms with Crippen molar-refractivity contribution in [2.75, 3.05) is 6.61 Å². The van der Waals surface area contributed by atoms with Crippen molar-refractivity contribution < 1.29 is 9.47 Å². The summed E-state index contributed by atoms with van der Waals surface area (Å²) >= 11 is 0. The van der Waals surface area contributed by atoms with E-state index in [1.165, 1.54) is 0 Å². The van der Waals surface area contributed by atoms with Gasteiger partial charge >= 0.3 is 0 Å². The summed E-state index contributed by atoms with van der Waals surface area (Å²) in [5.74, 6) is 0.868. The molecule has 0 radical (unpaired) electrons. The first-order valence-electron chi connectivity index (χ1n) is 7.52. The average molecular weight is 278 g/mol. The number of aryl methyl sites for hydroxylation is 1. The van der Waals surface area contributed by atoms with Gasteiger partial charge in [0, 0.05) is 18.3 Å². The van der Waals surface area contributed by atoms with Crippen LogP contribution in [-0.4, -0.2) is 29.8 Å². The third-order valence-electron chi connectivity index (χ3n) is 3.49. The van der Waals surface area contributed by atoms with Gasteiger partial charge in [-0.05, 0) is 38.8 Å². The first kappa shape index (κ1) is 15.3. The summed E-state index contributed by atoms with van der Waals surface area (Å²) in [6.07, 6.45) is 2.79. The Hall–Kier alpha value is -1.13. The number of rotatable bonds is 6. The zero-order valence-corrected chi connectivity index (χ0v) is 13.0. The molecule has 1 saturated heterocycles. The van der Waals surface area contributed by atoms with Gasteiger partial charge in [-0.15, -0.1) is 0 Å². The standard InChI is InChI=1S/C16H26N2O2/c1-11(2)17-9-15-16(8-5-12(3)18-15)19-10-14-7-6-13(4)20-14/h5,8,11,13-14,17H,6-7,9-10H2,1-4H3. The second-order valence-electron chi connectivity index (χ2n) is 5.89. The second-order valence-corrected chi connectivity index (χ2v) is 5.89. The fourth-order valence-electron chi connectivity index (χ4n) is 2.35. The van der Waals surface area contributed by atoms with Crippen LogP contribution >= 0.6 is 0 Å². The Morgan fingerprint density at radius 2 is 2.20 bits per heavy atom. The maximum absolute atomic E-state index is 5.93. The number of aromatic nitrogens is 1. The van der Waals surface area contributed by atoms with Crippen molar-refractivity contribution in [1.82, 2.24) is 10.3 Å². The van der Waals surface area contributed by atoms with Crippen LogP contribution in [0.1, 0.15) is 45.0 Å². The lowest BCUT2D eigenvalue weighted by Crippen LogP contribution is -2.24. The van der Waals surface area contributed by atoms with E-state index in [4.69, 9.17) is 9.47 Å². The van der Waals surface area contributed by atoms with Crippen molar-refractivity contribution >= 4 is 0 Å². The summed E-state index contributed by atoms with van der Waals surface area (Å²) in [5.41, 5.74) is 1.99. The zero-order chi connectivity index (χ0) is 14.5. The van der Waals surface area contributed by atoms with Crippen molar-refractivity contribution in [2.24, 2.45) is 0 Å². The molecule has 0 aliphatic carbocycles. The summed E-state index contributed by atoms with van der Waals surface area (Å²) < 4.78 is 11.7. The Labute approximate surface area is 121 Å². The van der Waals surface area contributed by atoms with Crippen molar-refractivity contribution in [3.05, 3.63) is 23.5 Å². The molecule has 4 heteroatoms. The summed E-state index contributed by atoms with van der Waals surface area (Å²) in [5, 5.41) is 3.39. The molecule has 1 aliphatic rings. The molecule has 1 N–H and O–H groups in total. The van der Waals surface area contributed by atoms with Crippen LogP contribution in [0.15, 0.2) is 12.1 Å². The number of hydrogen-bond acceptors (Lipinski definition) is 4. The van der Waals surface area contributed by atoms with Gasteiger partial charge in [-0.3, -0.25) is 4.98 Å². The molecule has 2 heterocycles. The quantitative estimate of drug-likeness (QED) is 0.869. The molecule has 2 unspecified atom stereocenters. The monoisotopic (exact) mass is 278 g/mol. The van der Waals surface area contributed by atoms with Crippen LogP contribution in [0.5, 0.6) is 5.75 Å². The van der Waals surface area contributed by atoms with E-state index in [9.17, 15) is 0 Å². The second kappa shape index (κ2) is 7.04. The topological polar surface area (TPSA) is 43.4 Å². The molecule has 1 aromatic rings. The lowest BCUT2D eigenvalue weighted by Gasteiger charge is -2.16. The highest BCUT2D eigenvalue weighted by Crippen LogP contribution is 2.22. The van der Waals surface area contributed by atoms with Crippen LogP contribution < -0.4 is 10.1 Å². The van der Waals surface area contributed by atoms with Crippen LogP contribution in [0.25, 0.3) is 0 Å². The molecule has 0 bridgehead atoms. The van der Waals surface area contributed by atoms with Crippen LogP contribution in [0.2, 0.25) is 0 Å². The molecule has 0 amide bonds. The Kier molecular flexibility index (Phi) is 5.38. The van der Waals surface area contributed by atoms with Gasteiger partial charge in [-0.2, -0.15) is 0 Å². The molecular weight excluding hydrogens is 252 g/mol. The molecule has 112 valence electrons. The van der Waals surface area contributed by atoms with Gasteiger partial charge < -0.3 is 14.8 Å². The maximum atomic E-state index is 5.93. The van der Waals surface area contributed by atoms with E-state index < -0.39 is 0 Å². The van der Waals surface area contributed by atoms with Gasteiger partial charge in [0.2, 0.25) is 0 Å². The molecule has 2 atom stereocenters. The summed E-state index contributed by atoms with van der Waals surface area (Å²) in [7, 11) is 0. The molecular formula is C16H26N2O2. The minimum absolute atomic E-state index is 0.220. The minimum Gasteiger partial charge on any atom is -0.489 e. The highest BCUT2D eigenvalue weighted by Gasteiger charge is 2.22. The first-order valence-corrected chi connectivity index (χ1v) is 7.52. The van der Waals surface area contributed by atoms with Crippen molar-refractivity contribution in [3.8, 4) is 5.75 Å². The van der Waals surface area contributed by atoms with Gasteiger partial charge in [-0.1, -0.05) is 13.8 Å². The minimum atomic E-state index is 0.220. The Morgan fingerprint density at radius 1 is 1.40 bits per heavy atom. The predicted molar refractivity (Wildman–Crippen MR) is 80.0 cm³/mol. The molecule has 20 heavy (non-hydrogen) atoms. The van der Waals surface area contributed by atoms with Gasteiger partial charge in [0.15, 0.2) is 0 Å². The van der Waals surface area contributed by atoms with E-state index in [-0.39, 0.29) is 6.10 Å². The Morgan fingerprint density at radius 3 is 2.85 bits per heavy atom. The number of nitrogens with one attached hydrogen (secondary N) is 1. The first-order chi connectivity index (χ1) is 9.54. The number of hydrogen-bond donors (Lipinski definition) is 1. The van der Waals surface area contributed by atoms with Crippen molar-refractivity contribution in [1.29, 1.82) is 0 Å². The van der Waals surface area contributed by atoms with Crippen LogP contribution in [-0.2, 0) is 11.3 Å². The van der Waals surface area contributed by atoms with E-state index in [0.29, 0.717) is 18.8 Å². The summed E-state index contributed by atoms with van der Waals surface area (Å²) in [4.78, 5) is 4.58. The Balaban J connectivity index is 1.95. The van der Waals surface area contributed by atoms with Crippen LogP contribution in [0.4, 0.5) is 0 Å². The molecule has 1 fully saturated rings. The molecule has 4 nitrogen and oxygen atoms in total. The van der Waals surface area contributed by atoms with E-state index in [1.807, 2.05) is 19.1 Å². The smallest absolute Gasteiger partial charge is 0.142 e. The SMILES string of the molecule is Cc1ccc(OCC2CCC(C)O2)c(CNC(C)C)n1. The zero-order valence-electron chi connectivity index (χ0n) is 13.0. The fraction of sp³-hybridized carbons (Fsp3) is 0.688. The Bertz CT molecular complexity index is 434. The maximum Gasteiger partial charge on any atom is 0.142 e. The third kappa shape index (κ3) is 4.46. The summed E-state index contributed by atoms with van der Waals surface area (Å²) in [6, 6.07) is 4.44. The molecule has 0 spiro atoms. The normalized spacial score (nSPS) is 22.4. The van der Waals surface area contributed by atoms with Gasteiger partial charge in [-0.25, -0.2) is 0 Å². The highest BCUT2D eigenvalue weighted by molar-refractivity contribution is 5.29. The van der Waals surface area contributed by atoms with Gasteiger partial charge in [0.05, 0.1) is 17.9 Å². The summed E-state index contributed by atoms with van der Waals surface area (Å²) in [6.45, 7) is 9.73. The molecule has 0 saturated carbocycles. The lowest BCUT2D eigenvalue weighted by molar-refractivity contribution is 0.0261. The third-order valence-corrected chi connectivity index (χ3v) is 3.49. The average Bonchev–Trinajstić information content (AvgIpc) is 2.81.